The van der Waals surface area contributed by atoms with E-state index in [0.717, 1.165) is 24.2 Å². The third-order valence-electron chi connectivity index (χ3n) is 11.3. The average Bonchev–Trinajstić information content (AvgIpc) is 3.41. The molecule has 0 amide bonds. The predicted molar refractivity (Wildman–Crippen MR) is 169 cm³/mol. The molecule has 9 rings (SSSR count). The van der Waals surface area contributed by atoms with Gasteiger partial charge in [0.15, 0.2) is 0 Å². The van der Waals surface area contributed by atoms with Crippen LogP contribution in [0, 0.1) is 23.7 Å². The molecule has 0 aliphatic heterocycles. The summed E-state index contributed by atoms with van der Waals surface area (Å²) in [6.07, 6.45) is 29.5. The highest BCUT2D eigenvalue weighted by Gasteiger charge is 2.48. The Morgan fingerprint density at radius 2 is 1.63 bits per heavy atom. The molecule has 0 saturated carbocycles. The van der Waals surface area contributed by atoms with Crippen molar-refractivity contribution >= 4 is 17.0 Å². The molecule has 2 aromatic carbocycles. The van der Waals surface area contributed by atoms with Crippen LogP contribution in [0.15, 0.2) is 118 Å². The van der Waals surface area contributed by atoms with Gasteiger partial charge in [0.25, 0.3) is 0 Å². The van der Waals surface area contributed by atoms with Crippen molar-refractivity contribution in [2.75, 3.05) is 0 Å². The van der Waals surface area contributed by atoms with Crippen LogP contribution in [-0.4, -0.2) is 0 Å². The van der Waals surface area contributed by atoms with E-state index in [2.05, 4.69) is 97.1 Å². The van der Waals surface area contributed by atoms with Crippen LogP contribution in [0.2, 0.25) is 0 Å². The highest BCUT2D eigenvalue weighted by atomic mass is 16.3. The van der Waals surface area contributed by atoms with Crippen molar-refractivity contribution in [3.63, 3.8) is 0 Å². The van der Waals surface area contributed by atoms with Crippen LogP contribution < -0.4 is 0 Å². The van der Waals surface area contributed by atoms with Gasteiger partial charge in [0.05, 0.1) is 0 Å². The molecular formula is C40H38O. The molecule has 204 valence electrons. The zero-order valence-corrected chi connectivity index (χ0v) is 23.8. The summed E-state index contributed by atoms with van der Waals surface area (Å²) in [5.74, 6) is 4.66. The van der Waals surface area contributed by atoms with Gasteiger partial charge in [0, 0.05) is 22.8 Å². The minimum Gasteiger partial charge on any atom is -0.456 e. The van der Waals surface area contributed by atoms with Gasteiger partial charge in [-0.25, -0.2) is 0 Å². The van der Waals surface area contributed by atoms with Crippen LogP contribution in [0.25, 0.3) is 17.0 Å². The number of furan rings is 1. The van der Waals surface area contributed by atoms with Gasteiger partial charge in [-0.05, 0) is 115 Å². The maximum atomic E-state index is 6.44. The summed E-state index contributed by atoms with van der Waals surface area (Å²) in [6, 6.07) is 18.1. The topological polar surface area (TPSA) is 13.1 Å². The fraction of sp³-hybridized carbons (Fsp3) is 0.350. The van der Waals surface area contributed by atoms with Crippen molar-refractivity contribution in [2.45, 2.75) is 63.2 Å². The molecule has 0 N–H and O–H groups in total. The summed E-state index contributed by atoms with van der Waals surface area (Å²) in [4.78, 5) is 0. The largest absolute Gasteiger partial charge is 0.456 e. The SMILES string of the molecule is C1=CC2CC(C3C4C=CCCC4=C(C4=Cc5oc6ccccc6c5CC4)C4=CCCCC43)c3ccccc3C2C=C1. The molecule has 3 aromatic rings. The number of para-hydroxylation sites is 1. The Kier molecular flexibility index (Phi) is 5.56. The molecule has 0 fully saturated rings. The molecule has 6 unspecified atom stereocenters. The number of hydrogen-bond donors (Lipinski definition) is 0. The molecule has 1 heteroatoms. The van der Waals surface area contributed by atoms with Gasteiger partial charge >= 0.3 is 0 Å². The van der Waals surface area contributed by atoms with Crippen LogP contribution in [0.5, 0.6) is 0 Å². The zero-order valence-electron chi connectivity index (χ0n) is 23.8. The van der Waals surface area contributed by atoms with Crippen LogP contribution in [-0.2, 0) is 6.42 Å². The normalized spacial score (nSPS) is 31.5. The molecule has 0 radical (unpaired) electrons. The van der Waals surface area contributed by atoms with Crippen LogP contribution in [0.1, 0.15) is 79.2 Å². The second kappa shape index (κ2) is 9.48. The Morgan fingerprint density at radius 1 is 0.756 bits per heavy atom. The Morgan fingerprint density at radius 3 is 2.61 bits per heavy atom. The second-order valence-corrected chi connectivity index (χ2v) is 13.2. The highest BCUT2D eigenvalue weighted by molar-refractivity contribution is 5.86. The molecule has 1 nitrogen and oxygen atoms in total. The Labute approximate surface area is 243 Å². The van der Waals surface area contributed by atoms with Crippen molar-refractivity contribution in [2.24, 2.45) is 23.7 Å². The van der Waals surface area contributed by atoms with E-state index in [1.54, 1.807) is 27.8 Å². The summed E-state index contributed by atoms with van der Waals surface area (Å²) >= 11 is 0. The Bertz CT molecular complexity index is 1730. The number of hydrogen-bond acceptors (Lipinski definition) is 1. The summed E-state index contributed by atoms with van der Waals surface area (Å²) in [7, 11) is 0. The maximum Gasteiger partial charge on any atom is 0.135 e. The third-order valence-corrected chi connectivity index (χ3v) is 11.3. The lowest BCUT2D eigenvalue weighted by atomic mass is 9.53. The molecule has 6 atom stereocenters. The number of fused-ring (bicyclic) bond motifs is 8. The first kappa shape index (κ1) is 24.1. The quantitative estimate of drug-likeness (QED) is 0.298. The molecule has 6 aliphatic carbocycles. The van der Waals surface area contributed by atoms with E-state index in [1.807, 2.05) is 0 Å². The van der Waals surface area contributed by atoms with Gasteiger partial charge in [-0.1, -0.05) is 90.6 Å². The van der Waals surface area contributed by atoms with Crippen LogP contribution in [0.4, 0.5) is 0 Å². The van der Waals surface area contributed by atoms with E-state index in [4.69, 9.17) is 4.42 Å². The van der Waals surface area contributed by atoms with Gasteiger partial charge in [0.1, 0.15) is 11.3 Å². The van der Waals surface area contributed by atoms with Gasteiger partial charge in [-0.3, -0.25) is 0 Å². The minimum absolute atomic E-state index is 0.537. The molecular weight excluding hydrogens is 496 g/mol. The summed E-state index contributed by atoms with van der Waals surface area (Å²) in [5, 5.41) is 1.30. The first-order valence-electron chi connectivity index (χ1n) is 16.1. The van der Waals surface area contributed by atoms with Crippen molar-refractivity contribution in [1.29, 1.82) is 0 Å². The lowest BCUT2D eigenvalue weighted by Gasteiger charge is -2.51. The fourth-order valence-corrected chi connectivity index (χ4v) is 9.69. The van der Waals surface area contributed by atoms with E-state index < -0.39 is 0 Å². The summed E-state index contributed by atoms with van der Waals surface area (Å²) < 4.78 is 6.44. The highest BCUT2D eigenvalue weighted by Crippen LogP contribution is 2.60. The summed E-state index contributed by atoms with van der Waals surface area (Å²) in [5.41, 5.74) is 12.2. The lowest BCUT2D eigenvalue weighted by molar-refractivity contribution is 0.200. The molecule has 0 saturated heterocycles. The van der Waals surface area contributed by atoms with Crippen molar-refractivity contribution in [3.05, 3.63) is 136 Å². The molecule has 1 heterocycles. The predicted octanol–water partition coefficient (Wildman–Crippen LogP) is 10.4. The number of rotatable bonds is 2. The summed E-state index contributed by atoms with van der Waals surface area (Å²) in [6.45, 7) is 0. The number of benzene rings is 2. The lowest BCUT2D eigenvalue weighted by Crippen LogP contribution is -2.40. The van der Waals surface area contributed by atoms with Gasteiger partial charge < -0.3 is 4.42 Å². The van der Waals surface area contributed by atoms with Gasteiger partial charge in [-0.15, -0.1) is 0 Å². The van der Waals surface area contributed by atoms with E-state index in [1.165, 1.54) is 55.0 Å². The van der Waals surface area contributed by atoms with Crippen molar-refractivity contribution in [1.82, 2.24) is 0 Å². The van der Waals surface area contributed by atoms with E-state index in [0.29, 0.717) is 35.5 Å². The fourth-order valence-electron chi connectivity index (χ4n) is 9.69. The van der Waals surface area contributed by atoms with Crippen molar-refractivity contribution < 1.29 is 4.42 Å². The molecule has 1 aromatic heterocycles. The molecule has 6 aliphatic rings. The molecule has 41 heavy (non-hydrogen) atoms. The monoisotopic (exact) mass is 534 g/mol. The van der Waals surface area contributed by atoms with Gasteiger partial charge in [0.2, 0.25) is 0 Å². The number of aryl methyl sites for hydroxylation is 1. The average molecular weight is 535 g/mol. The minimum atomic E-state index is 0.537. The van der Waals surface area contributed by atoms with Crippen molar-refractivity contribution in [3.8, 4) is 0 Å². The van der Waals surface area contributed by atoms with E-state index in [9.17, 15) is 0 Å². The Hall–Kier alpha value is -3.58. The molecule has 0 spiro atoms. The van der Waals surface area contributed by atoms with Crippen LogP contribution >= 0.6 is 0 Å². The first-order chi connectivity index (χ1) is 20.3. The number of allylic oxidation sites excluding steroid dienone is 11. The maximum absolute atomic E-state index is 6.44. The third kappa shape index (κ3) is 3.67. The van der Waals surface area contributed by atoms with E-state index >= 15 is 0 Å². The smallest absolute Gasteiger partial charge is 0.135 e. The molecule has 0 bridgehead atoms. The standard InChI is InChI=1S/C40H38O/c1-2-12-27-25(11-1)23-36(29-14-4-3-13-28(27)29)40-34-18-7-5-16-32(34)39(33-17-6-8-19-35(33)40)26-21-22-31-30-15-9-10-20-37(30)41-38(31)24-26/h1-4,7,9-15,17-18,20,24-25,27,34-36,40H,5-6,8,16,19,21-23H2. The van der Waals surface area contributed by atoms with Crippen LogP contribution in [0.3, 0.4) is 0 Å². The first-order valence-corrected chi connectivity index (χ1v) is 16.1. The second-order valence-electron chi connectivity index (χ2n) is 13.2. The van der Waals surface area contributed by atoms with E-state index in [-0.39, 0.29) is 0 Å². The van der Waals surface area contributed by atoms with Gasteiger partial charge in [-0.2, -0.15) is 0 Å². The Balaban J connectivity index is 1.20. The zero-order chi connectivity index (χ0) is 26.9.